The molecule has 2 aromatic carbocycles. The van der Waals surface area contributed by atoms with Crippen LogP contribution in [0.25, 0.3) is 27.6 Å². The summed E-state index contributed by atoms with van der Waals surface area (Å²) in [5, 5.41) is 3.92. The lowest BCUT2D eigenvalue weighted by Gasteiger charge is -2.13. The summed E-state index contributed by atoms with van der Waals surface area (Å²) in [7, 11) is 0. The Morgan fingerprint density at radius 1 is 0.935 bits per heavy atom. The Bertz CT molecular complexity index is 1510. The fourth-order valence-corrected chi connectivity index (χ4v) is 3.44. The fraction of sp³-hybridized carbons (Fsp3) is 0. The lowest BCUT2D eigenvalue weighted by atomic mass is 10.1. The van der Waals surface area contributed by atoms with Crippen LogP contribution in [0.3, 0.4) is 0 Å². The number of hydrogen-bond acceptors (Lipinski definition) is 4. The van der Waals surface area contributed by atoms with Crippen LogP contribution in [0.4, 0.5) is 10.2 Å². The second-order valence-electron chi connectivity index (χ2n) is 6.94. The predicted octanol–water partition coefficient (Wildman–Crippen LogP) is 4.33. The topological polar surface area (TPSA) is 76.9 Å². The molecule has 150 valence electrons. The standard InChI is InChI=1S/C24H15FN4O2/c25-16-8-10-17(11-9-16)29-14-19(22(30)18-5-3-13-26-23(18)29)24(31)28-21-12-7-15-4-1-2-6-20(15)27-21/h1-14H,(H,27,28,31). The second kappa shape index (κ2) is 7.46. The summed E-state index contributed by atoms with van der Waals surface area (Å²) in [6, 6.07) is 20.0. The summed E-state index contributed by atoms with van der Waals surface area (Å²) >= 11 is 0. The molecule has 0 bridgehead atoms. The monoisotopic (exact) mass is 410 g/mol. The molecule has 0 aliphatic rings. The molecule has 3 aromatic heterocycles. The zero-order valence-electron chi connectivity index (χ0n) is 16.1. The number of amides is 1. The van der Waals surface area contributed by atoms with Gasteiger partial charge in [0.15, 0.2) is 0 Å². The first-order valence-electron chi connectivity index (χ1n) is 9.54. The van der Waals surface area contributed by atoms with Gasteiger partial charge in [0.2, 0.25) is 5.43 Å². The fourth-order valence-electron chi connectivity index (χ4n) is 3.44. The number of halogens is 1. The van der Waals surface area contributed by atoms with Crippen molar-refractivity contribution in [2.24, 2.45) is 0 Å². The normalized spacial score (nSPS) is 11.0. The second-order valence-corrected chi connectivity index (χ2v) is 6.94. The smallest absolute Gasteiger partial charge is 0.262 e. The average molecular weight is 410 g/mol. The number of fused-ring (bicyclic) bond motifs is 2. The van der Waals surface area contributed by atoms with Crippen LogP contribution in [0.5, 0.6) is 0 Å². The molecule has 6 nitrogen and oxygen atoms in total. The van der Waals surface area contributed by atoms with Crippen molar-refractivity contribution in [3.8, 4) is 5.69 Å². The van der Waals surface area contributed by atoms with E-state index in [1.54, 1.807) is 41.1 Å². The lowest BCUT2D eigenvalue weighted by molar-refractivity contribution is 0.102. The van der Waals surface area contributed by atoms with Crippen LogP contribution in [0.15, 0.2) is 90.0 Å². The minimum atomic E-state index is -0.589. The van der Waals surface area contributed by atoms with E-state index >= 15 is 0 Å². The van der Waals surface area contributed by atoms with Gasteiger partial charge >= 0.3 is 0 Å². The Balaban J connectivity index is 1.61. The van der Waals surface area contributed by atoms with Gasteiger partial charge < -0.3 is 9.88 Å². The summed E-state index contributed by atoms with van der Waals surface area (Å²) < 4.78 is 15.0. The number of nitrogens with one attached hydrogen (secondary N) is 1. The van der Waals surface area contributed by atoms with Gasteiger partial charge in [-0.25, -0.2) is 14.4 Å². The first-order valence-corrected chi connectivity index (χ1v) is 9.54. The molecular formula is C24H15FN4O2. The molecule has 7 heteroatoms. The summed E-state index contributed by atoms with van der Waals surface area (Å²) in [5.41, 5.74) is 1.16. The molecule has 0 unspecified atom stereocenters. The molecule has 0 fully saturated rings. The van der Waals surface area contributed by atoms with Gasteiger partial charge in [-0.1, -0.05) is 18.2 Å². The van der Waals surface area contributed by atoms with Gasteiger partial charge in [0.1, 0.15) is 22.8 Å². The molecule has 31 heavy (non-hydrogen) atoms. The Morgan fingerprint density at radius 3 is 2.58 bits per heavy atom. The van der Waals surface area contributed by atoms with Crippen LogP contribution < -0.4 is 10.7 Å². The van der Waals surface area contributed by atoms with Crippen molar-refractivity contribution in [2.75, 3.05) is 5.32 Å². The molecule has 5 aromatic rings. The quantitative estimate of drug-likeness (QED) is 0.480. The maximum atomic E-state index is 13.4. The van der Waals surface area contributed by atoms with E-state index in [2.05, 4.69) is 15.3 Å². The minimum Gasteiger partial charge on any atom is -0.306 e. The van der Waals surface area contributed by atoms with Crippen LogP contribution in [0, 0.1) is 5.82 Å². The molecule has 3 heterocycles. The number of hydrogen-bond donors (Lipinski definition) is 1. The first-order chi connectivity index (χ1) is 15.1. The highest BCUT2D eigenvalue weighted by Gasteiger charge is 2.17. The van der Waals surface area contributed by atoms with Crippen molar-refractivity contribution >= 4 is 33.7 Å². The number of aromatic nitrogens is 3. The highest BCUT2D eigenvalue weighted by Crippen LogP contribution is 2.18. The molecule has 1 amide bonds. The van der Waals surface area contributed by atoms with Crippen molar-refractivity contribution in [3.05, 3.63) is 107 Å². The van der Waals surface area contributed by atoms with Crippen molar-refractivity contribution in [1.29, 1.82) is 0 Å². The van der Waals surface area contributed by atoms with E-state index < -0.39 is 11.3 Å². The Labute approximate surface area is 175 Å². The van der Waals surface area contributed by atoms with Crippen molar-refractivity contribution in [3.63, 3.8) is 0 Å². The van der Waals surface area contributed by atoms with Crippen molar-refractivity contribution in [1.82, 2.24) is 14.5 Å². The average Bonchev–Trinajstić information content (AvgIpc) is 2.80. The van der Waals surface area contributed by atoms with Gasteiger partial charge in [0.25, 0.3) is 5.91 Å². The van der Waals surface area contributed by atoms with Gasteiger partial charge in [-0.2, -0.15) is 0 Å². The SMILES string of the molecule is O=C(Nc1ccc2ccccc2n1)c1cn(-c2ccc(F)cc2)c2ncccc2c1=O. The van der Waals surface area contributed by atoms with Crippen LogP contribution in [-0.4, -0.2) is 20.4 Å². The van der Waals surface area contributed by atoms with Crippen LogP contribution in [0.1, 0.15) is 10.4 Å². The van der Waals surface area contributed by atoms with E-state index in [4.69, 9.17) is 0 Å². The first kappa shape index (κ1) is 18.6. The Morgan fingerprint density at radius 2 is 1.74 bits per heavy atom. The Kier molecular flexibility index (Phi) is 4.48. The van der Waals surface area contributed by atoms with E-state index in [1.807, 2.05) is 30.3 Å². The van der Waals surface area contributed by atoms with E-state index in [1.165, 1.54) is 18.3 Å². The summed E-state index contributed by atoms with van der Waals surface area (Å²) in [5.74, 6) is -0.639. The van der Waals surface area contributed by atoms with E-state index in [0.29, 0.717) is 17.2 Å². The predicted molar refractivity (Wildman–Crippen MR) is 117 cm³/mol. The Hall–Kier alpha value is -4.39. The van der Waals surface area contributed by atoms with Gasteiger partial charge in [0.05, 0.1) is 10.9 Å². The van der Waals surface area contributed by atoms with Crippen molar-refractivity contribution in [2.45, 2.75) is 0 Å². The summed E-state index contributed by atoms with van der Waals surface area (Å²) in [4.78, 5) is 34.7. The zero-order chi connectivity index (χ0) is 21.4. The summed E-state index contributed by atoms with van der Waals surface area (Å²) in [6.07, 6.45) is 2.97. The number of nitrogens with zero attached hydrogens (tertiary/aromatic N) is 3. The van der Waals surface area contributed by atoms with Crippen molar-refractivity contribution < 1.29 is 9.18 Å². The number of para-hydroxylation sites is 1. The third kappa shape index (κ3) is 3.42. The molecule has 0 saturated heterocycles. The number of anilines is 1. The number of benzene rings is 2. The molecule has 5 rings (SSSR count). The maximum Gasteiger partial charge on any atom is 0.262 e. The molecule has 0 saturated carbocycles. The summed E-state index contributed by atoms with van der Waals surface area (Å²) in [6.45, 7) is 0. The highest BCUT2D eigenvalue weighted by atomic mass is 19.1. The highest BCUT2D eigenvalue weighted by molar-refractivity contribution is 6.05. The van der Waals surface area contributed by atoms with E-state index in [-0.39, 0.29) is 16.8 Å². The number of rotatable bonds is 3. The van der Waals surface area contributed by atoms with Gasteiger partial charge in [0, 0.05) is 23.5 Å². The molecule has 0 atom stereocenters. The third-order valence-corrected chi connectivity index (χ3v) is 4.95. The van der Waals surface area contributed by atoms with Crippen LogP contribution in [-0.2, 0) is 0 Å². The molecule has 0 aliphatic heterocycles. The largest absolute Gasteiger partial charge is 0.306 e. The number of carbonyl (C=O) groups excluding carboxylic acids is 1. The zero-order valence-corrected chi connectivity index (χ0v) is 16.1. The molecular weight excluding hydrogens is 395 g/mol. The molecule has 1 N–H and O–H groups in total. The van der Waals surface area contributed by atoms with Gasteiger partial charge in [-0.15, -0.1) is 0 Å². The molecule has 0 radical (unpaired) electrons. The van der Waals surface area contributed by atoms with Gasteiger partial charge in [-0.3, -0.25) is 9.59 Å². The number of carbonyl (C=O) groups is 1. The van der Waals surface area contributed by atoms with Crippen LogP contribution >= 0.6 is 0 Å². The minimum absolute atomic E-state index is 0.0696. The number of pyridine rings is 3. The lowest BCUT2D eigenvalue weighted by Crippen LogP contribution is -2.24. The third-order valence-electron chi connectivity index (χ3n) is 4.95. The molecule has 0 aliphatic carbocycles. The van der Waals surface area contributed by atoms with E-state index in [9.17, 15) is 14.0 Å². The molecule has 0 spiro atoms. The van der Waals surface area contributed by atoms with Crippen LogP contribution in [0.2, 0.25) is 0 Å². The van der Waals surface area contributed by atoms with Gasteiger partial charge in [-0.05, 0) is 54.6 Å². The maximum absolute atomic E-state index is 13.4. The van der Waals surface area contributed by atoms with E-state index in [0.717, 1.165) is 10.9 Å².